The molecule has 5 heteroatoms. The van der Waals surface area contributed by atoms with Gasteiger partial charge in [0.05, 0.1) is 11.3 Å². The first-order chi connectivity index (χ1) is 15.7. The van der Waals surface area contributed by atoms with E-state index < -0.39 is 0 Å². The number of benzene rings is 3. The Hall–Kier alpha value is -4.17. The largest absolute Gasteiger partial charge is 0.488 e. The van der Waals surface area contributed by atoms with Gasteiger partial charge in [-0.15, -0.1) is 0 Å². The van der Waals surface area contributed by atoms with Gasteiger partial charge in [-0.3, -0.25) is 9.36 Å². The van der Waals surface area contributed by atoms with E-state index in [1.54, 1.807) is 11.5 Å². The zero-order valence-corrected chi connectivity index (χ0v) is 17.9. The summed E-state index contributed by atoms with van der Waals surface area (Å²) in [5, 5.41) is 9.51. The van der Waals surface area contributed by atoms with E-state index in [4.69, 9.17) is 4.74 Å². The van der Waals surface area contributed by atoms with E-state index in [2.05, 4.69) is 4.98 Å². The molecule has 0 N–H and O–H groups in total. The number of nitrogens with zero attached hydrogens (tertiary/aromatic N) is 3. The number of ether oxygens (including phenoxy) is 1. The van der Waals surface area contributed by atoms with E-state index >= 15 is 0 Å². The van der Waals surface area contributed by atoms with E-state index in [1.807, 2.05) is 91.0 Å². The van der Waals surface area contributed by atoms with Gasteiger partial charge in [-0.1, -0.05) is 72.8 Å². The molecule has 0 spiro atoms. The second-order valence-electron chi connectivity index (χ2n) is 7.47. The molecule has 0 unspecified atom stereocenters. The third kappa shape index (κ3) is 4.60. The Morgan fingerprint density at radius 2 is 1.53 bits per heavy atom. The van der Waals surface area contributed by atoms with Gasteiger partial charge >= 0.3 is 0 Å². The molecule has 0 aliphatic heterocycles. The third-order valence-electron chi connectivity index (χ3n) is 5.29. The summed E-state index contributed by atoms with van der Waals surface area (Å²) in [5.41, 5.74) is 3.04. The maximum atomic E-state index is 13.2. The van der Waals surface area contributed by atoms with Crippen molar-refractivity contribution >= 4 is 0 Å². The maximum Gasteiger partial charge on any atom is 0.271 e. The van der Waals surface area contributed by atoms with Crippen LogP contribution in [0.2, 0.25) is 0 Å². The molecular formula is C27H23N3O2. The molecule has 4 rings (SSSR count). The summed E-state index contributed by atoms with van der Waals surface area (Å²) < 4.78 is 7.70. The van der Waals surface area contributed by atoms with Crippen molar-refractivity contribution in [2.75, 3.05) is 0 Å². The van der Waals surface area contributed by atoms with Gasteiger partial charge in [0.15, 0.2) is 0 Å². The lowest BCUT2D eigenvalue weighted by molar-refractivity contribution is 0.307. The van der Waals surface area contributed by atoms with E-state index in [0.717, 1.165) is 16.7 Å². The molecule has 0 aliphatic carbocycles. The number of rotatable bonds is 7. The minimum atomic E-state index is -0.330. The van der Waals surface area contributed by atoms with Gasteiger partial charge < -0.3 is 4.74 Å². The van der Waals surface area contributed by atoms with Crippen molar-refractivity contribution in [2.24, 2.45) is 0 Å². The summed E-state index contributed by atoms with van der Waals surface area (Å²) in [5.74, 6) is 1.15. The van der Waals surface area contributed by atoms with Crippen LogP contribution in [-0.2, 0) is 19.6 Å². The molecule has 1 aromatic heterocycles. The third-order valence-corrected chi connectivity index (χ3v) is 5.29. The molecule has 32 heavy (non-hydrogen) atoms. The maximum absolute atomic E-state index is 13.2. The SMILES string of the molecule is Cc1nc(-c2ccccc2OCc2ccccc2)n(CCc2ccccc2)c(=O)c1C#N. The first kappa shape index (κ1) is 21.1. The van der Waals surface area contributed by atoms with E-state index in [1.165, 1.54) is 0 Å². The lowest BCUT2D eigenvalue weighted by Crippen LogP contribution is -2.28. The molecule has 0 aliphatic rings. The summed E-state index contributed by atoms with van der Waals surface area (Å²) in [7, 11) is 0. The fraction of sp³-hybridized carbons (Fsp3) is 0.148. The molecule has 0 fully saturated rings. The molecule has 5 nitrogen and oxygen atoms in total. The zero-order chi connectivity index (χ0) is 22.3. The normalized spacial score (nSPS) is 10.5. The molecule has 0 bridgehead atoms. The summed E-state index contributed by atoms with van der Waals surface area (Å²) in [6, 6.07) is 29.4. The lowest BCUT2D eigenvalue weighted by Gasteiger charge is -2.17. The highest BCUT2D eigenvalue weighted by Gasteiger charge is 2.18. The predicted octanol–water partition coefficient (Wildman–Crippen LogP) is 4.91. The monoisotopic (exact) mass is 421 g/mol. The van der Waals surface area contributed by atoms with E-state index in [-0.39, 0.29) is 11.1 Å². The highest BCUT2D eigenvalue weighted by molar-refractivity contribution is 5.65. The predicted molar refractivity (Wildman–Crippen MR) is 124 cm³/mol. The molecule has 0 atom stereocenters. The highest BCUT2D eigenvalue weighted by Crippen LogP contribution is 2.29. The van der Waals surface area contributed by atoms with Crippen LogP contribution in [0.25, 0.3) is 11.4 Å². The molecule has 0 amide bonds. The smallest absolute Gasteiger partial charge is 0.271 e. The molecule has 0 radical (unpaired) electrons. The Bertz CT molecular complexity index is 1310. The van der Waals surface area contributed by atoms with Gasteiger partial charge in [0.25, 0.3) is 5.56 Å². The Morgan fingerprint density at radius 3 is 2.22 bits per heavy atom. The Balaban J connectivity index is 1.74. The summed E-state index contributed by atoms with van der Waals surface area (Å²) in [4.78, 5) is 17.8. The average molecular weight is 422 g/mol. The van der Waals surface area contributed by atoms with Crippen molar-refractivity contribution in [3.63, 3.8) is 0 Å². The van der Waals surface area contributed by atoms with E-state index in [0.29, 0.717) is 36.8 Å². The van der Waals surface area contributed by atoms with Crippen LogP contribution >= 0.6 is 0 Å². The van der Waals surface area contributed by atoms with Crippen molar-refractivity contribution in [1.82, 2.24) is 9.55 Å². The van der Waals surface area contributed by atoms with Crippen LogP contribution in [0.5, 0.6) is 5.75 Å². The van der Waals surface area contributed by atoms with Crippen LogP contribution in [0, 0.1) is 18.3 Å². The second kappa shape index (κ2) is 9.76. The van der Waals surface area contributed by atoms with Gasteiger partial charge in [-0.05, 0) is 36.6 Å². The topological polar surface area (TPSA) is 67.9 Å². The molecule has 4 aromatic rings. The fourth-order valence-corrected chi connectivity index (χ4v) is 3.60. The van der Waals surface area contributed by atoms with Crippen LogP contribution in [0.4, 0.5) is 0 Å². The minimum Gasteiger partial charge on any atom is -0.488 e. The van der Waals surface area contributed by atoms with Crippen molar-refractivity contribution in [2.45, 2.75) is 26.5 Å². The summed E-state index contributed by atoms with van der Waals surface area (Å²) in [6.45, 7) is 2.51. The van der Waals surface area contributed by atoms with Gasteiger partial charge in [0.2, 0.25) is 0 Å². The number of aryl methyl sites for hydroxylation is 2. The minimum absolute atomic E-state index is 0.0736. The number of hydrogen-bond acceptors (Lipinski definition) is 4. The molecular weight excluding hydrogens is 398 g/mol. The quantitative estimate of drug-likeness (QED) is 0.425. The van der Waals surface area contributed by atoms with E-state index in [9.17, 15) is 10.1 Å². The van der Waals surface area contributed by atoms with Crippen molar-refractivity contribution in [3.8, 4) is 23.2 Å². The van der Waals surface area contributed by atoms with Crippen molar-refractivity contribution < 1.29 is 4.74 Å². The van der Waals surface area contributed by atoms with Crippen LogP contribution in [0.3, 0.4) is 0 Å². The van der Waals surface area contributed by atoms with Gasteiger partial charge in [-0.2, -0.15) is 5.26 Å². The van der Waals surface area contributed by atoms with Crippen LogP contribution in [0.15, 0.2) is 89.7 Å². The van der Waals surface area contributed by atoms with Crippen LogP contribution in [-0.4, -0.2) is 9.55 Å². The molecule has 0 saturated carbocycles. The van der Waals surface area contributed by atoms with Gasteiger partial charge in [0.1, 0.15) is 29.8 Å². The fourth-order valence-electron chi connectivity index (χ4n) is 3.60. The standard InChI is InChI=1S/C27H23N3O2/c1-20-24(18-28)27(31)30(17-16-21-10-4-2-5-11-21)26(29-20)23-14-8-9-15-25(23)32-19-22-12-6-3-7-13-22/h2-15H,16-17,19H2,1H3. The zero-order valence-electron chi connectivity index (χ0n) is 17.9. The first-order valence-electron chi connectivity index (χ1n) is 10.5. The highest BCUT2D eigenvalue weighted by atomic mass is 16.5. The summed E-state index contributed by atoms with van der Waals surface area (Å²) in [6.07, 6.45) is 0.649. The number of hydrogen-bond donors (Lipinski definition) is 0. The van der Waals surface area contributed by atoms with Gasteiger partial charge in [-0.25, -0.2) is 4.98 Å². The number of aromatic nitrogens is 2. The Kier molecular flexibility index (Phi) is 6.43. The average Bonchev–Trinajstić information content (AvgIpc) is 2.84. The van der Waals surface area contributed by atoms with Crippen molar-refractivity contribution in [3.05, 3.63) is 118 Å². The molecule has 158 valence electrons. The van der Waals surface area contributed by atoms with Crippen molar-refractivity contribution in [1.29, 1.82) is 5.26 Å². The number of para-hydroxylation sites is 1. The first-order valence-corrected chi connectivity index (χ1v) is 10.5. The number of nitriles is 1. The Labute approximate surface area is 187 Å². The van der Waals surface area contributed by atoms with Crippen LogP contribution < -0.4 is 10.3 Å². The van der Waals surface area contributed by atoms with Crippen LogP contribution in [0.1, 0.15) is 22.4 Å². The second-order valence-corrected chi connectivity index (χ2v) is 7.47. The summed E-state index contributed by atoms with van der Waals surface area (Å²) >= 11 is 0. The molecule has 1 heterocycles. The van der Waals surface area contributed by atoms with Gasteiger partial charge in [0, 0.05) is 6.54 Å². The lowest BCUT2D eigenvalue weighted by atomic mass is 10.1. The molecule has 3 aromatic carbocycles. The molecule has 0 saturated heterocycles. The Morgan fingerprint density at radius 1 is 0.906 bits per heavy atom.